The number of carbonyl (C=O) groups is 2. The normalized spacial score (nSPS) is 12.6. The fraction of sp³-hybridized carbons (Fsp3) is 0.692. The maximum Gasteiger partial charge on any atom is 0.331 e. The standard InChI is InChI=1S/C13H22O5/c1-3-4-5-6-9-17-11(2)10-18-13(16)8-7-12(14)15/h7-8,11H,3-6,9-10H2,1-2H3,(H,14,15)/b8-7-. The van der Waals surface area contributed by atoms with E-state index in [1.807, 2.05) is 6.92 Å². The first-order valence-corrected chi connectivity index (χ1v) is 6.25. The van der Waals surface area contributed by atoms with Crippen LogP contribution in [0.1, 0.15) is 39.5 Å². The lowest BCUT2D eigenvalue weighted by molar-refractivity contribution is -0.142. The summed E-state index contributed by atoms with van der Waals surface area (Å²) in [6.45, 7) is 4.75. The van der Waals surface area contributed by atoms with E-state index >= 15 is 0 Å². The van der Waals surface area contributed by atoms with E-state index in [4.69, 9.17) is 14.6 Å². The first-order chi connectivity index (χ1) is 8.56. The van der Waals surface area contributed by atoms with Crippen molar-refractivity contribution < 1.29 is 24.2 Å². The van der Waals surface area contributed by atoms with Crippen molar-refractivity contribution in [2.24, 2.45) is 0 Å². The highest BCUT2D eigenvalue weighted by atomic mass is 16.6. The van der Waals surface area contributed by atoms with Crippen LogP contribution in [0, 0.1) is 0 Å². The molecule has 0 radical (unpaired) electrons. The fourth-order valence-electron chi connectivity index (χ4n) is 1.25. The number of hydrogen-bond donors (Lipinski definition) is 1. The monoisotopic (exact) mass is 258 g/mol. The molecule has 0 aliphatic carbocycles. The van der Waals surface area contributed by atoms with Gasteiger partial charge in [0.1, 0.15) is 6.61 Å². The fourth-order valence-corrected chi connectivity index (χ4v) is 1.25. The maximum atomic E-state index is 11.0. The average molecular weight is 258 g/mol. The highest BCUT2D eigenvalue weighted by molar-refractivity contribution is 5.90. The van der Waals surface area contributed by atoms with Gasteiger partial charge < -0.3 is 14.6 Å². The first-order valence-electron chi connectivity index (χ1n) is 6.25. The smallest absolute Gasteiger partial charge is 0.331 e. The molecular formula is C13H22O5. The summed E-state index contributed by atoms with van der Waals surface area (Å²) in [6, 6.07) is 0. The lowest BCUT2D eigenvalue weighted by atomic mass is 10.2. The topological polar surface area (TPSA) is 72.8 Å². The Kier molecular flexibility index (Phi) is 9.96. The van der Waals surface area contributed by atoms with Gasteiger partial charge in [0.05, 0.1) is 6.10 Å². The summed E-state index contributed by atoms with van der Waals surface area (Å²) in [6.07, 6.45) is 5.99. The van der Waals surface area contributed by atoms with Crippen LogP contribution in [0.5, 0.6) is 0 Å². The zero-order valence-corrected chi connectivity index (χ0v) is 11.1. The number of carboxylic acids is 1. The van der Waals surface area contributed by atoms with Crippen molar-refractivity contribution in [1.29, 1.82) is 0 Å². The molecule has 0 aliphatic rings. The van der Waals surface area contributed by atoms with Crippen LogP contribution in [-0.2, 0) is 19.1 Å². The van der Waals surface area contributed by atoms with E-state index in [2.05, 4.69) is 6.92 Å². The molecule has 0 fully saturated rings. The summed E-state index contributed by atoms with van der Waals surface area (Å²) in [4.78, 5) is 21.2. The van der Waals surface area contributed by atoms with E-state index in [1.165, 1.54) is 12.8 Å². The van der Waals surface area contributed by atoms with E-state index in [1.54, 1.807) is 0 Å². The summed E-state index contributed by atoms with van der Waals surface area (Å²) >= 11 is 0. The van der Waals surface area contributed by atoms with Crippen molar-refractivity contribution in [3.63, 3.8) is 0 Å². The van der Waals surface area contributed by atoms with Gasteiger partial charge in [-0.1, -0.05) is 26.2 Å². The minimum absolute atomic E-state index is 0.135. The Morgan fingerprint density at radius 3 is 2.56 bits per heavy atom. The van der Waals surface area contributed by atoms with E-state index in [0.717, 1.165) is 25.0 Å². The molecule has 0 saturated carbocycles. The summed E-state index contributed by atoms with van der Waals surface area (Å²) < 4.78 is 10.3. The molecule has 0 aromatic carbocycles. The van der Waals surface area contributed by atoms with Crippen molar-refractivity contribution in [1.82, 2.24) is 0 Å². The molecule has 0 aliphatic heterocycles. The van der Waals surface area contributed by atoms with Crippen molar-refractivity contribution in [3.8, 4) is 0 Å². The Morgan fingerprint density at radius 2 is 1.94 bits per heavy atom. The Morgan fingerprint density at radius 1 is 1.22 bits per heavy atom. The Hall–Kier alpha value is -1.36. The largest absolute Gasteiger partial charge is 0.478 e. The molecule has 5 heteroatoms. The Bertz CT molecular complexity index is 273. The van der Waals surface area contributed by atoms with Crippen LogP contribution in [0.3, 0.4) is 0 Å². The molecule has 0 saturated heterocycles. The number of unbranched alkanes of at least 4 members (excludes halogenated alkanes) is 3. The predicted molar refractivity (Wildman–Crippen MR) is 67.3 cm³/mol. The number of hydrogen-bond acceptors (Lipinski definition) is 4. The molecule has 0 heterocycles. The van der Waals surface area contributed by atoms with E-state index in [9.17, 15) is 9.59 Å². The van der Waals surface area contributed by atoms with Gasteiger partial charge in [-0.15, -0.1) is 0 Å². The minimum atomic E-state index is -1.17. The zero-order valence-electron chi connectivity index (χ0n) is 11.1. The molecule has 18 heavy (non-hydrogen) atoms. The third-order valence-corrected chi connectivity index (χ3v) is 2.22. The van der Waals surface area contributed by atoms with Gasteiger partial charge in [-0.3, -0.25) is 0 Å². The highest BCUT2D eigenvalue weighted by Gasteiger charge is 2.05. The molecule has 1 atom stereocenters. The van der Waals surface area contributed by atoms with E-state index in [-0.39, 0.29) is 12.7 Å². The molecule has 0 aromatic heterocycles. The number of esters is 1. The zero-order chi connectivity index (χ0) is 13.8. The second kappa shape index (κ2) is 10.8. The summed E-state index contributed by atoms with van der Waals surface area (Å²) in [5.41, 5.74) is 0. The third kappa shape index (κ3) is 11.1. The highest BCUT2D eigenvalue weighted by Crippen LogP contribution is 2.01. The van der Waals surface area contributed by atoms with Crippen LogP contribution in [-0.4, -0.2) is 36.4 Å². The van der Waals surface area contributed by atoms with Gasteiger partial charge in [0.2, 0.25) is 0 Å². The number of carbonyl (C=O) groups excluding carboxylic acids is 1. The molecular weight excluding hydrogens is 236 g/mol. The second-order valence-corrected chi connectivity index (χ2v) is 4.04. The number of ether oxygens (including phenoxy) is 2. The van der Waals surface area contributed by atoms with E-state index < -0.39 is 11.9 Å². The average Bonchev–Trinajstić information content (AvgIpc) is 2.33. The van der Waals surface area contributed by atoms with Gasteiger partial charge in [0.25, 0.3) is 0 Å². The minimum Gasteiger partial charge on any atom is -0.478 e. The van der Waals surface area contributed by atoms with Crippen LogP contribution in [0.2, 0.25) is 0 Å². The van der Waals surface area contributed by atoms with Crippen LogP contribution >= 0.6 is 0 Å². The molecule has 0 bridgehead atoms. The molecule has 1 unspecified atom stereocenters. The third-order valence-electron chi connectivity index (χ3n) is 2.22. The van der Waals surface area contributed by atoms with Gasteiger partial charge >= 0.3 is 11.9 Å². The van der Waals surface area contributed by atoms with Crippen molar-refractivity contribution in [3.05, 3.63) is 12.2 Å². The summed E-state index contributed by atoms with van der Waals surface area (Å²) in [5.74, 6) is -1.84. The molecule has 1 N–H and O–H groups in total. The van der Waals surface area contributed by atoms with Crippen LogP contribution < -0.4 is 0 Å². The van der Waals surface area contributed by atoms with Crippen LogP contribution in [0.25, 0.3) is 0 Å². The Labute approximate surface area is 108 Å². The summed E-state index contributed by atoms with van der Waals surface area (Å²) in [5, 5.41) is 8.31. The molecule has 0 amide bonds. The summed E-state index contributed by atoms with van der Waals surface area (Å²) in [7, 11) is 0. The van der Waals surface area contributed by atoms with Crippen LogP contribution in [0.4, 0.5) is 0 Å². The maximum absolute atomic E-state index is 11.0. The SMILES string of the molecule is CCCCCCOC(C)COC(=O)/C=C\C(=O)O. The van der Waals surface area contributed by atoms with Crippen molar-refractivity contribution in [2.75, 3.05) is 13.2 Å². The van der Waals surface area contributed by atoms with Gasteiger partial charge in [-0.25, -0.2) is 9.59 Å². The Balaban J connectivity index is 3.54. The molecule has 5 nitrogen and oxygen atoms in total. The first kappa shape index (κ1) is 16.6. The lowest BCUT2D eigenvalue weighted by Gasteiger charge is -2.12. The van der Waals surface area contributed by atoms with E-state index in [0.29, 0.717) is 6.61 Å². The quantitative estimate of drug-likeness (QED) is 0.369. The van der Waals surface area contributed by atoms with Crippen molar-refractivity contribution in [2.45, 2.75) is 45.6 Å². The second-order valence-electron chi connectivity index (χ2n) is 4.04. The van der Waals surface area contributed by atoms with Gasteiger partial charge in [0.15, 0.2) is 0 Å². The van der Waals surface area contributed by atoms with Crippen LogP contribution in [0.15, 0.2) is 12.2 Å². The molecule has 104 valence electrons. The van der Waals surface area contributed by atoms with Crippen molar-refractivity contribution >= 4 is 11.9 Å². The molecule has 0 spiro atoms. The van der Waals surface area contributed by atoms with Gasteiger partial charge in [-0.05, 0) is 13.3 Å². The number of aliphatic carboxylic acids is 1. The lowest BCUT2D eigenvalue weighted by Crippen LogP contribution is -2.18. The molecule has 0 rings (SSSR count). The predicted octanol–water partition coefficient (Wildman–Crippen LogP) is 2.16. The van der Waals surface area contributed by atoms with Gasteiger partial charge in [-0.2, -0.15) is 0 Å². The molecule has 0 aromatic rings. The number of carboxylic acid groups (broad SMARTS) is 1. The van der Waals surface area contributed by atoms with Gasteiger partial charge in [0, 0.05) is 18.8 Å². The number of rotatable bonds is 10.